The van der Waals surface area contributed by atoms with E-state index in [2.05, 4.69) is 5.32 Å². The number of rotatable bonds is 6. The fourth-order valence-electron chi connectivity index (χ4n) is 2.87. The number of benzene rings is 1. The fraction of sp³-hybridized carbons (Fsp3) is 0.333. The summed E-state index contributed by atoms with van der Waals surface area (Å²) in [4.78, 5) is 24.1. The number of aromatic carboxylic acids is 1. The molecule has 0 saturated carbocycles. The topological polar surface area (TPSA) is 75.6 Å². The maximum absolute atomic E-state index is 12.5. The van der Waals surface area contributed by atoms with Gasteiger partial charge in [0.05, 0.1) is 10.9 Å². The molecule has 0 bridgehead atoms. The number of carbonyl (C=O) groups is 2. The highest BCUT2D eigenvalue weighted by molar-refractivity contribution is 7.15. The second-order valence-electron chi connectivity index (χ2n) is 5.87. The Labute approximate surface area is 144 Å². The number of ether oxygens (including phenoxy) is 1. The molecule has 3 rings (SSSR count). The molecule has 0 radical (unpaired) electrons. The number of amides is 1. The van der Waals surface area contributed by atoms with Crippen LogP contribution in [0.15, 0.2) is 42.5 Å². The lowest BCUT2D eigenvalue weighted by atomic mass is 9.94. The van der Waals surface area contributed by atoms with Gasteiger partial charge in [-0.05, 0) is 36.5 Å². The lowest BCUT2D eigenvalue weighted by Gasteiger charge is -2.21. The standard InChI is InChI=1S/C18H19NO4S/c20-17(15-6-7-16(24-15)18(21)22)19-14(10-12-8-9-23-11-12)13-4-2-1-3-5-13/h1-7,12,14H,8-11H2,(H,19,20)(H,21,22)/t12-,14+/m0/s1. The quantitative estimate of drug-likeness (QED) is 0.842. The van der Waals surface area contributed by atoms with Crippen molar-refractivity contribution >= 4 is 23.2 Å². The fourth-order valence-corrected chi connectivity index (χ4v) is 3.62. The highest BCUT2D eigenvalue weighted by Crippen LogP contribution is 2.27. The van der Waals surface area contributed by atoms with Crippen LogP contribution >= 0.6 is 11.3 Å². The Balaban J connectivity index is 1.74. The van der Waals surface area contributed by atoms with Gasteiger partial charge >= 0.3 is 5.97 Å². The van der Waals surface area contributed by atoms with Crippen LogP contribution in [0.3, 0.4) is 0 Å². The molecule has 126 valence electrons. The first-order chi connectivity index (χ1) is 11.6. The maximum Gasteiger partial charge on any atom is 0.345 e. The summed E-state index contributed by atoms with van der Waals surface area (Å²) >= 11 is 0.993. The Kier molecular flexibility index (Phi) is 5.27. The third-order valence-corrected chi connectivity index (χ3v) is 5.21. The molecule has 1 aliphatic rings. The van der Waals surface area contributed by atoms with Gasteiger partial charge in [0.15, 0.2) is 0 Å². The summed E-state index contributed by atoms with van der Waals surface area (Å²) in [5.74, 6) is -0.824. The van der Waals surface area contributed by atoms with E-state index in [-0.39, 0.29) is 16.8 Å². The molecule has 0 unspecified atom stereocenters. The number of carboxylic acid groups (broad SMARTS) is 1. The van der Waals surface area contributed by atoms with E-state index in [1.807, 2.05) is 30.3 Å². The van der Waals surface area contributed by atoms with Gasteiger partial charge in [0.2, 0.25) is 0 Å². The first-order valence-corrected chi connectivity index (χ1v) is 8.72. The first-order valence-electron chi connectivity index (χ1n) is 7.90. The number of nitrogens with one attached hydrogen (secondary N) is 1. The van der Waals surface area contributed by atoms with Gasteiger partial charge < -0.3 is 15.2 Å². The molecule has 2 heterocycles. The van der Waals surface area contributed by atoms with E-state index in [1.165, 1.54) is 6.07 Å². The Morgan fingerprint density at radius 1 is 1.21 bits per heavy atom. The van der Waals surface area contributed by atoms with Crippen molar-refractivity contribution in [2.45, 2.75) is 18.9 Å². The van der Waals surface area contributed by atoms with Crippen LogP contribution in [-0.4, -0.2) is 30.2 Å². The largest absolute Gasteiger partial charge is 0.477 e. The average Bonchev–Trinajstić information content (AvgIpc) is 3.26. The molecule has 1 aliphatic heterocycles. The van der Waals surface area contributed by atoms with Crippen LogP contribution in [0.25, 0.3) is 0 Å². The van der Waals surface area contributed by atoms with Crippen LogP contribution < -0.4 is 5.32 Å². The molecule has 1 amide bonds. The first kappa shape index (κ1) is 16.7. The van der Waals surface area contributed by atoms with Crippen molar-refractivity contribution in [2.24, 2.45) is 5.92 Å². The van der Waals surface area contributed by atoms with Crippen LogP contribution in [0.2, 0.25) is 0 Å². The Morgan fingerprint density at radius 2 is 1.96 bits per heavy atom. The molecule has 0 spiro atoms. The molecule has 1 fully saturated rings. The summed E-state index contributed by atoms with van der Waals surface area (Å²) in [6.45, 7) is 1.49. The van der Waals surface area contributed by atoms with E-state index in [0.29, 0.717) is 10.8 Å². The van der Waals surface area contributed by atoms with E-state index >= 15 is 0 Å². The molecule has 1 saturated heterocycles. The lowest BCUT2D eigenvalue weighted by molar-refractivity contribution is 0.0702. The lowest BCUT2D eigenvalue weighted by Crippen LogP contribution is -2.29. The molecule has 2 N–H and O–H groups in total. The van der Waals surface area contributed by atoms with Crippen molar-refractivity contribution < 1.29 is 19.4 Å². The van der Waals surface area contributed by atoms with Crippen molar-refractivity contribution in [3.05, 3.63) is 57.8 Å². The summed E-state index contributed by atoms with van der Waals surface area (Å²) in [5.41, 5.74) is 1.05. The van der Waals surface area contributed by atoms with Gasteiger partial charge in [0.1, 0.15) is 4.88 Å². The van der Waals surface area contributed by atoms with Crippen molar-refractivity contribution in [3.8, 4) is 0 Å². The van der Waals surface area contributed by atoms with Crippen LogP contribution in [0.1, 0.15) is 43.8 Å². The number of hydrogen-bond donors (Lipinski definition) is 2. The third kappa shape index (κ3) is 4.01. The van der Waals surface area contributed by atoms with Gasteiger partial charge in [-0.3, -0.25) is 4.79 Å². The highest BCUT2D eigenvalue weighted by Gasteiger charge is 2.24. The van der Waals surface area contributed by atoms with E-state index in [9.17, 15) is 9.59 Å². The second-order valence-corrected chi connectivity index (χ2v) is 6.95. The summed E-state index contributed by atoms with van der Waals surface area (Å²) in [6.07, 6.45) is 1.81. The molecule has 24 heavy (non-hydrogen) atoms. The summed E-state index contributed by atoms with van der Waals surface area (Å²) in [5, 5.41) is 12.0. The van der Waals surface area contributed by atoms with E-state index < -0.39 is 5.97 Å². The predicted molar refractivity (Wildman–Crippen MR) is 91.5 cm³/mol. The van der Waals surface area contributed by atoms with E-state index in [4.69, 9.17) is 9.84 Å². The summed E-state index contributed by atoms with van der Waals surface area (Å²) in [7, 11) is 0. The van der Waals surface area contributed by atoms with Crippen molar-refractivity contribution in [3.63, 3.8) is 0 Å². The minimum atomic E-state index is -1.01. The number of carbonyl (C=O) groups excluding carboxylic acids is 1. The van der Waals surface area contributed by atoms with E-state index in [0.717, 1.165) is 43.0 Å². The van der Waals surface area contributed by atoms with Crippen LogP contribution in [-0.2, 0) is 4.74 Å². The van der Waals surface area contributed by atoms with E-state index in [1.54, 1.807) is 6.07 Å². The second kappa shape index (κ2) is 7.59. The third-order valence-electron chi connectivity index (χ3n) is 4.14. The van der Waals surface area contributed by atoms with Gasteiger partial charge in [0, 0.05) is 13.2 Å². The monoisotopic (exact) mass is 345 g/mol. The van der Waals surface area contributed by atoms with Gasteiger partial charge in [-0.15, -0.1) is 11.3 Å². The highest BCUT2D eigenvalue weighted by atomic mass is 32.1. The molecular weight excluding hydrogens is 326 g/mol. The van der Waals surface area contributed by atoms with Gasteiger partial charge in [0.25, 0.3) is 5.91 Å². The Hall–Kier alpha value is -2.18. The van der Waals surface area contributed by atoms with Crippen molar-refractivity contribution in [1.29, 1.82) is 0 Å². The van der Waals surface area contributed by atoms with Gasteiger partial charge in [-0.1, -0.05) is 30.3 Å². The Morgan fingerprint density at radius 3 is 2.58 bits per heavy atom. The van der Waals surface area contributed by atoms with Crippen molar-refractivity contribution in [1.82, 2.24) is 5.32 Å². The zero-order valence-electron chi connectivity index (χ0n) is 13.1. The smallest absolute Gasteiger partial charge is 0.345 e. The van der Waals surface area contributed by atoms with Crippen LogP contribution in [0, 0.1) is 5.92 Å². The van der Waals surface area contributed by atoms with Crippen LogP contribution in [0.5, 0.6) is 0 Å². The predicted octanol–water partition coefficient (Wildman–Crippen LogP) is 3.34. The summed E-state index contributed by atoms with van der Waals surface area (Å²) in [6, 6.07) is 12.8. The molecular formula is C18H19NO4S. The average molecular weight is 345 g/mol. The molecule has 6 heteroatoms. The van der Waals surface area contributed by atoms with Gasteiger partial charge in [-0.25, -0.2) is 4.79 Å². The summed E-state index contributed by atoms with van der Waals surface area (Å²) < 4.78 is 5.44. The molecule has 5 nitrogen and oxygen atoms in total. The zero-order chi connectivity index (χ0) is 16.9. The molecule has 1 aromatic heterocycles. The normalized spacial score (nSPS) is 18.2. The molecule has 2 atom stereocenters. The van der Waals surface area contributed by atoms with Gasteiger partial charge in [-0.2, -0.15) is 0 Å². The van der Waals surface area contributed by atoms with Crippen LogP contribution in [0.4, 0.5) is 0 Å². The maximum atomic E-state index is 12.5. The number of hydrogen-bond acceptors (Lipinski definition) is 4. The number of carboxylic acids is 1. The Bertz CT molecular complexity index is 707. The molecule has 1 aromatic carbocycles. The zero-order valence-corrected chi connectivity index (χ0v) is 13.9. The minimum Gasteiger partial charge on any atom is -0.477 e. The van der Waals surface area contributed by atoms with Crippen molar-refractivity contribution in [2.75, 3.05) is 13.2 Å². The molecule has 2 aromatic rings. The minimum absolute atomic E-state index is 0.110. The number of thiophene rings is 1. The molecule has 0 aliphatic carbocycles. The SMILES string of the molecule is O=C(O)c1ccc(C(=O)N[C@H](C[C@@H]2CCOC2)c2ccccc2)s1.